The summed E-state index contributed by atoms with van der Waals surface area (Å²) in [5.41, 5.74) is 0.491. The molecule has 0 spiro atoms. The van der Waals surface area contributed by atoms with Crippen LogP contribution in [0.5, 0.6) is 0 Å². The Morgan fingerprint density at radius 1 is 1.25 bits per heavy atom. The minimum Gasteiger partial charge on any atom is -0.461 e. The van der Waals surface area contributed by atoms with Gasteiger partial charge in [0.05, 0.1) is 13.0 Å². The van der Waals surface area contributed by atoms with E-state index in [2.05, 4.69) is 14.7 Å². The van der Waals surface area contributed by atoms with Gasteiger partial charge in [0.2, 0.25) is 0 Å². The van der Waals surface area contributed by atoms with E-state index in [0.29, 0.717) is 6.42 Å². The lowest BCUT2D eigenvalue weighted by Gasteiger charge is -1.98. The molecule has 1 aromatic carbocycles. The van der Waals surface area contributed by atoms with Crippen molar-refractivity contribution < 1.29 is 19.2 Å². The molecule has 1 aromatic rings. The number of nitriles is 1. The topological polar surface area (TPSA) is 88.8 Å². The van der Waals surface area contributed by atoms with Crippen LogP contribution in [0.15, 0.2) is 53.7 Å². The lowest BCUT2D eigenvalue weighted by atomic mass is 10.2. The molecule has 0 saturated heterocycles. The molecule has 124 valence electrons. The number of ether oxygens (including phenoxy) is 1. The lowest BCUT2D eigenvalue weighted by molar-refractivity contribution is -0.143. The molecule has 0 amide bonds. The van der Waals surface area contributed by atoms with Gasteiger partial charge in [0.1, 0.15) is 6.07 Å². The van der Waals surface area contributed by atoms with Crippen LogP contribution in [0.2, 0.25) is 0 Å². The van der Waals surface area contributed by atoms with Crippen molar-refractivity contribution in [2.45, 2.75) is 19.8 Å². The van der Waals surface area contributed by atoms with Gasteiger partial charge in [-0.3, -0.25) is 0 Å². The van der Waals surface area contributed by atoms with E-state index >= 15 is 0 Å². The summed E-state index contributed by atoms with van der Waals surface area (Å²) in [4.78, 5) is 27.2. The number of hydrogen-bond donors (Lipinski definition) is 0. The second-order valence-corrected chi connectivity index (χ2v) is 4.47. The summed E-state index contributed by atoms with van der Waals surface area (Å²) in [5, 5.41) is 11.9. The first-order valence-electron chi connectivity index (χ1n) is 7.40. The first kappa shape index (κ1) is 18.8. The van der Waals surface area contributed by atoms with Crippen LogP contribution >= 0.6 is 0 Å². The van der Waals surface area contributed by atoms with E-state index < -0.39 is 17.7 Å². The fourth-order valence-electron chi connectivity index (χ4n) is 1.55. The van der Waals surface area contributed by atoms with Crippen molar-refractivity contribution in [2.75, 3.05) is 6.61 Å². The van der Waals surface area contributed by atoms with Crippen LogP contribution in [0.4, 0.5) is 0 Å². The van der Waals surface area contributed by atoms with Crippen LogP contribution in [0.3, 0.4) is 0 Å². The van der Waals surface area contributed by atoms with Crippen molar-refractivity contribution in [3.8, 4) is 6.07 Å². The Balaban J connectivity index is 2.33. The molecule has 0 aromatic heterocycles. The Hall–Kier alpha value is -3.20. The summed E-state index contributed by atoms with van der Waals surface area (Å²) < 4.78 is 4.59. The summed E-state index contributed by atoms with van der Waals surface area (Å²) in [6.07, 6.45) is 7.98. The molecule has 0 aliphatic heterocycles. The molecule has 0 unspecified atom stereocenters. The summed E-state index contributed by atoms with van der Waals surface area (Å²) in [7, 11) is 0. The fraction of sp³-hybridized carbons (Fsp3) is 0.222. The summed E-state index contributed by atoms with van der Waals surface area (Å²) in [5.74, 6) is -1.55. The molecule has 0 N–H and O–H groups in total. The first-order valence-corrected chi connectivity index (χ1v) is 7.40. The van der Waals surface area contributed by atoms with Crippen molar-refractivity contribution in [1.82, 2.24) is 0 Å². The van der Waals surface area contributed by atoms with E-state index in [-0.39, 0.29) is 13.0 Å². The van der Waals surface area contributed by atoms with Crippen molar-refractivity contribution >= 4 is 23.7 Å². The molecule has 0 saturated carbocycles. The zero-order valence-electron chi connectivity index (χ0n) is 13.3. The third kappa shape index (κ3) is 7.71. The smallest absolute Gasteiger partial charge is 0.371 e. The molecule has 0 radical (unpaired) electrons. The van der Waals surface area contributed by atoms with Gasteiger partial charge in [-0.05, 0) is 18.9 Å². The van der Waals surface area contributed by atoms with Crippen molar-refractivity contribution in [3.63, 3.8) is 0 Å². The van der Waals surface area contributed by atoms with Gasteiger partial charge in [0.25, 0.3) is 5.71 Å². The average molecular weight is 326 g/mol. The Labute approximate surface area is 140 Å². The van der Waals surface area contributed by atoms with Crippen LogP contribution < -0.4 is 0 Å². The van der Waals surface area contributed by atoms with Crippen LogP contribution in [-0.4, -0.2) is 24.3 Å². The monoisotopic (exact) mass is 326 g/mol. The Kier molecular flexibility index (Phi) is 8.94. The van der Waals surface area contributed by atoms with E-state index in [1.807, 2.05) is 48.6 Å². The maximum absolute atomic E-state index is 11.5. The maximum Gasteiger partial charge on any atom is 0.371 e. The third-order valence-electron chi connectivity index (χ3n) is 2.66. The van der Waals surface area contributed by atoms with Crippen LogP contribution in [0.25, 0.3) is 6.08 Å². The quantitative estimate of drug-likeness (QED) is 0.241. The maximum atomic E-state index is 11.5. The van der Waals surface area contributed by atoms with Gasteiger partial charge in [-0.15, -0.1) is 0 Å². The minimum absolute atomic E-state index is 0.0840. The number of allylic oxidation sites excluding steroid dienone is 3. The molecular weight excluding hydrogens is 308 g/mol. The molecule has 0 heterocycles. The van der Waals surface area contributed by atoms with E-state index in [1.165, 1.54) is 6.07 Å². The second-order valence-electron chi connectivity index (χ2n) is 4.47. The zero-order valence-corrected chi connectivity index (χ0v) is 13.3. The number of oxime groups is 1. The SMILES string of the molecule is CCOC(=O)/C(C#N)=N/OC(=O)CC/C=C/C=C/c1ccccc1. The highest BCUT2D eigenvalue weighted by Gasteiger charge is 2.13. The number of hydrogen-bond acceptors (Lipinski definition) is 6. The molecule has 1 rings (SSSR count). The molecule has 0 aliphatic carbocycles. The average Bonchev–Trinajstić information content (AvgIpc) is 2.59. The Morgan fingerprint density at radius 2 is 2.00 bits per heavy atom. The van der Waals surface area contributed by atoms with E-state index in [4.69, 9.17) is 5.26 Å². The lowest BCUT2D eigenvalue weighted by Crippen LogP contribution is -2.16. The number of benzene rings is 1. The highest BCUT2D eigenvalue weighted by molar-refractivity contribution is 6.42. The van der Waals surface area contributed by atoms with E-state index in [1.54, 1.807) is 13.0 Å². The van der Waals surface area contributed by atoms with Gasteiger partial charge in [0, 0.05) is 0 Å². The van der Waals surface area contributed by atoms with Crippen molar-refractivity contribution in [3.05, 3.63) is 54.1 Å². The predicted molar refractivity (Wildman–Crippen MR) is 89.6 cm³/mol. The van der Waals surface area contributed by atoms with Gasteiger partial charge in [0.15, 0.2) is 0 Å². The highest BCUT2D eigenvalue weighted by atomic mass is 16.7. The molecule has 0 aliphatic rings. The van der Waals surface area contributed by atoms with Gasteiger partial charge in [-0.25, -0.2) is 9.59 Å². The second kappa shape index (κ2) is 11.4. The number of carbonyl (C=O) groups is 2. The van der Waals surface area contributed by atoms with Crippen LogP contribution in [0, 0.1) is 11.3 Å². The molecule has 6 nitrogen and oxygen atoms in total. The third-order valence-corrected chi connectivity index (χ3v) is 2.66. The number of carbonyl (C=O) groups excluding carboxylic acids is 2. The number of esters is 1. The molecule has 0 atom stereocenters. The van der Waals surface area contributed by atoms with Gasteiger partial charge in [-0.1, -0.05) is 59.8 Å². The van der Waals surface area contributed by atoms with Crippen molar-refractivity contribution in [2.24, 2.45) is 5.16 Å². The van der Waals surface area contributed by atoms with Crippen molar-refractivity contribution in [1.29, 1.82) is 5.26 Å². The summed E-state index contributed by atoms with van der Waals surface area (Å²) >= 11 is 0. The fourth-order valence-corrected chi connectivity index (χ4v) is 1.55. The number of rotatable bonds is 8. The molecule has 0 bridgehead atoms. The zero-order chi connectivity index (χ0) is 17.6. The van der Waals surface area contributed by atoms with Gasteiger partial charge in [-0.2, -0.15) is 5.26 Å². The standard InChI is InChI=1S/C18H18N2O4/c1-2-23-18(22)16(14-19)20-24-17(21)13-9-4-3-6-10-15-11-7-5-8-12-15/h3-8,10-12H,2,9,13H2,1H3/b4-3+,10-6+,20-16+. The molecular formula is C18H18N2O4. The first-order chi connectivity index (χ1) is 11.7. The Morgan fingerprint density at radius 3 is 2.67 bits per heavy atom. The molecule has 6 heteroatoms. The predicted octanol–water partition coefficient (Wildman–Crippen LogP) is 3.02. The Bertz CT molecular complexity index is 670. The van der Waals surface area contributed by atoms with E-state index in [9.17, 15) is 9.59 Å². The summed E-state index contributed by atoms with van der Waals surface area (Å²) in [6.45, 7) is 1.70. The molecule has 0 fully saturated rings. The number of nitrogens with zero attached hydrogens (tertiary/aromatic N) is 2. The van der Waals surface area contributed by atoms with Gasteiger partial charge >= 0.3 is 11.9 Å². The van der Waals surface area contributed by atoms with Crippen LogP contribution in [0.1, 0.15) is 25.3 Å². The van der Waals surface area contributed by atoms with E-state index in [0.717, 1.165) is 5.56 Å². The highest BCUT2D eigenvalue weighted by Crippen LogP contribution is 2.02. The normalized spacial score (nSPS) is 11.4. The summed E-state index contributed by atoms with van der Waals surface area (Å²) in [6, 6.07) is 11.3. The van der Waals surface area contributed by atoms with Gasteiger partial charge < -0.3 is 9.57 Å². The largest absolute Gasteiger partial charge is 0.461 e. The minimum atomic E-state index is -0.918. The van der Waals surface area contributed by atoms with Crippen LogP contribution in [-0.2, 0) is 19.2 Å². The molecule has 24 heavy (non-hydrogen) atoms.